The SMILES string of the molecule is CCNC(=NCCNC(=O)c1cccc(C)c1)NC1CCN(C(=O)C(C)C)C1.I. The van der Waals surface area contributed by atoms with E-state index in [1.54, 1.807) is 0 Å². The highest BCUT2D eigenvalue weighted by Crippen LogP contribution is 2.12. The summed E-state index contributed by atoms with van der Waals surface area (Å²) in [5.74, 6) is 0.856. The first-order valence-electron chi connectivity index (χ1n) is 10.1. The maximum atomic E-state index is 12.2. The first-order valence-corrected chi connectivity index (χ1v) is 10.1. The van der Waals surface area contributed by atoms with Crippen molar-refractivity contribution in [2.24, 2.45) is 10.9 Å². The number of benzene rings is 1. The van der Waals surface area contributed by atoms with Gasteiger partial charge in [-0.3, -0.25) is 14.6 Å². The van der Waals surface area contributed by atoms with Crippen molar-refractivity contribution in [3.8, 4) is 0 Å². The maximum absolute atomic E-state index is 12.2. The molecule has 162 valence electrons. The van der Waals surface area contributed by atoms with Crippen LogP contribution in [0, 0.1) is 12.8 Å². The third-order valence-corrected chi connectivity index (χ3v) is 4.63. The van der Waals surface area contributed by atoms with Gasteiger partial charge in [0.2, 0.25) is 5.91 Å². The van der Waals surface area contributed by atoms with Gasteiger partial charge in [-0.2, -0.15) is 0 Å². The third-order valence-electron chi connectivity index (χ3n) is 4.63. The monoisotopic (exact) mass is 515 g/mol. The van der Waals surface area contributed by atoms with Gasteiger partial charge in [0.1, 0.15) is 0 Å². The predicted octanol–water partition coefficient (Wildman–Crippen LogP) is 2.15. The zero-order chi connectivity index (χ0) is 20.5. The van der Waals surface area contributed by atoms with E-state index in [-0.39, 0.29) is 47.8 Å². The summed E-state index contributed by atoms with van der Waals surface area (Å²) in [7, 11) is 0. The summed E-state index contributed by atoms with van der Waals surface area (Å²) in [5.41, 5.74) is 1.72. The number of carbonyl (C=O) groups excluding carboxylic acids is 2. The second-order valence-corrected chi connectivity index (χ2v) is 7.45. The van der Waals surface area contributed by atoms with E-state index in [2.05, 4.69) is 20.9 Å². The summed E-state index contributed by atoms with van der Waals surface area (Å²) in [5, 5.41) is 9.52. The summed E-state index contributed by atoms with van der Waals surface area (Å²) in [4.78, 5) is 30.8. The number of likely N-dealkylation sites (tertiary alicyclic amines) is 1. The fraction of sp³-hybridized carbons (Fsp3) is 0.571. The van der Waals surface area contributed by atoms with Gasteiger partial charge in [0.05, 0.1) is 6.54 Å². The Bertz CT molecular complexity index is 708. The predicted molar refractivity (Wildman–Crippen MR) is 128 cm³/mol. The standard InChI is InChI=1S/C21H33N5O2.HI/c1-5-22-21(25-18-9-12-26(14-18)20(28)15(2)3)24-11-10-23-19(27)17-8-6-7-16(4)13-17;/h6-8,13,15,18H,5,9-12,14H2,1-4H3,(H,23,27)(H2,22,24,25);1H. The molecule has 0 spiro atoms. The molecule has 7 nitrogen and oxygen atoms in total. The highest BCUT2D eigenvalue weighted by Gasteiger charge is 2.27. The number of aryl methyl sites for hydroxylation is 1. The summed E-state index contributed by atoms with van der Waals surface area (Å²) < 4.78 is 0. The lowest BCUT2D eigenvalue weighted by Crippen LogP contribution is -2.45. The first kappa shape index (κ1) is 25.2. The van der Waals surface area contributed by atoms with Gasteiger partial charge in [0, 0.05) is 43.7 Å². The van der Waals surface area contributed by atoms with E-state index in [9.17, 15) is 9.59 Å². The molecule has 1 unspecified atom stereocenters. The van der Waals surface area contributed by atoms with Crippen molar-refractivity contribution in [2.45, 2.75) is 40.2 Å². The Kier molecular flexibility index (Phi) is 11.0. The highest BCUT2D eigenvalue weighted by molar-refractivity contribution is 14.0. The normalized spacial score (nSPS) is 16.4. The quantitative estimate of drug-likeness (QED) is 0.225. The third kappa shape index (κ3) is 8.20. The van der Waals surface area contributed by atoms with Gasteiger partial charge in [-0.05, 0) is 32.4 Å². The largest absolute Gasteiger partial charge is 0.357 e. The fourth-order valence-electron chi connectivity index (χ4n) is 3.18. The van der Waals surface area contributed by atoms with Crippen molar-refractivity contribution in [1.29, 1.82) is 0 Å². The molecule has 0 saturated carbocycles. The number of amides is 2. The molecule has 1 fully saturated rings. The van der Waals surface area contributed by atoms with Crippen molar-refractivity contribution in [1.82, 2.24) is 20.9 Å². The topological polar surface area (TPSA) is 85.8 Å². The van der Waals surface area contributed by atoms with Crippen LogP contribution in [0.25, 0.3) is 0 Å². The van der Waals surface area contributed by atoms with Crippen molar-refractivity contribution in [2.75, 3.05) is 32.7 Å². The number of hydrogen-bond acceptors (Lipinski definition) is 3. The van der Waals surface area contributed by atoms with E-state index in [1.165, 1.54) is 0 Å². The van der Waals surface area contributed by atoms with E-state index < -0.39 is 0 Å². The second-order valence-electron chi connectivity index (χ2n) is 7.45. The minimum absolute atomic E-state index is 0. The van der Waals surface area contributed by atoms with E-state index in [4.69, 9.17) is 0 Å². The molecule has 0 aliphatic carbocycles. The number of hydrogen-bond donors (Lipinski definition) is 3. The number of aliphatic imine (C=N–C) groups is 1. The molecule has 3 N–H and O–H groups in total. The number of nitrogens with one attached hydrogen (secondary N) is 3. The van der Waals surface area contributed by atoms with Crippen molar-refractivity contribution in [3.63, 3.8) is 0 Å². The molecule has 0 aromatic heterocycles. The zero-order valence-corrected chi connectivity index (χ0v) is 20.2. The molecule has 1 aromatic rings. The Balaban J connectivity index is 0.00000420. The van der Waals surface area contributed by atoms with Crippen molar-refractivity contribution < 1.29 is 9.59 Å². The minimum Gasteiger partial charge on any atom is -0.357 e. The van der Waals surface area contributed by atoms with Gasteiger partial charge in [-0.15, -0.1) is 24.0 Å². The van der Waals surface area contributed by atoms with Crippen LogP contribution < -0.4 is 16.0 Å². The summed E-state index contributed by atoms with van der Waals surface area (Å²) in [6.45, 7) is 11.0. The lowest BCUT2D eigenvalue weighted by molar-refractivity contribution is -0.133. The summed E-state index contributed by atoms with van der Waals surface area (Å²) >= 11 is 0. The lowest BCUT2D eigenvalue weighted by Gasteiger charge is -2.20. The van der Waals surface area contributed by atoms with Gasteiger partial charge in [-0.1, -0.05) is 31.5 Å². The Morgan fingerprint density at radius 3 is 2.69 bits per heavy atom. The average Bonchev–Trinajstić information content (AvgIpc) is 3.12. The molecule has 0 radical (unpaired) electrons. The summed E-state index contributed by atoms with van der Waals surface area (Å²) in [6.07, 6.45) is 0.910. The fourth-order valence-corrected chi connectivity index (χ4v) is 3.18. The summed E-state index contributed by atoms with van der Waals surface area (Å²) in [6, 6.07) is 7.72. The molecule has 29 heavy (non-hydrogen) atoms. The zero-order valence-electron chi connectivity index (χ0n) is 17.8. The average molecular weight is 515 g/mol. The Morgan fingerprint density at radius 2 is 2.03 bits per heavy atom. The molecule has 1 saturated heterocycles. The molecule has 1 aliphatic rings. The number of halogens is 1. The van der Waals surface area contributed by atoms with E-state index in [0.29, 0.717) is 25.2 Å². The molecule has 8 heteroatoms. The lowest BCUT2D eigenvalue weighted by atomic mass is 10.1. The molecule has 1 atom stereocenters. The molecule has 2 amide bonds. The first-order chi connectivity index (χ1) is 13.4. The minimum atomic E-state index is -0.0875. The van der Waals surface area contributed by atoms with Crippen LogP contribution in [0.4, 0.5) is 0 Å². The molecule has 1 aromatic carbocycles. The van der Waals surface area contributed by atoms with Crippen LogP contribution in [0.2, 0.25) is 0 Å². The molecule has 2 rings (SSSR count). The van der Waals surface area contributed by atoms with Gasteiger partial charge in [-0.25, -0.2) is 0 Å². The number of carbonyl (C=O) groups is 2. The van der Waals surface area contributed by atoms with Crippen molar-refractivity contribution >= 4 is 41.8 Å². The number of nitrogens with zero attached hydrogens (tertiary/aromatic N) is 2. The number of guanidine groups is 1. The van der Waals surface area contributed by atoms with Crippen LogP contribution in [0.5, 0.6) is 0 Å². The van der Waals surface area contributed by atoms with Gasteiger partial charge >= 0.3 is 0 Å². The van der Waals surface area contributed by atoms with Crippen LogP contribution in [-0.2, 0) is 4.79 Å². The van der Waals surface area contributed by atoms with Crippen LogP contribution in [-0.4, -0.2) is 61.4 Å². The smallest absolute Gasteiger partial charge is 0.251 e. The van der Waals surface area contributed by atoms with Crippen LogP contribution in [0.3, 0.4) is 0 Å². The maximum Gasteiger partial charge on any atom is 0.251 e. The second kappa shape index (κ2) is 12.7. The Morgan fingerprint density at radius 1 is 1.28 bits per heavy atom. The molecule has 1 heterocycles. The molecular formula is C21H34IN5O2. The van der Waals surface area contributed by atoms with E-state index in [1.807, 2.05) is 56.9 Å². The Hall–Kier alpha value is -1.84. The van der Waals surface area contributed by atoms with Crippen LogP contribution in [0.15, 0.2) is 29.3 Å². The molecule has 1 aliphatic heterocycles. The number of rotatable bonds is 7. The molecular weight excluding hydrogens is 481 g/mol. The van der Waals surface area contributed by atoms with Crippen LogP contribution >= 0.6 is 24.0 Å². The van der Waals surface area contributed by atoms with Gasteiger partial charge in [0.15, 0.2) is 5.96 Å². The highest BCUT2D eigenvalue weighted by atomic mass is 127. The van der Waals surface area contributed by atoms with E-state index in [0.717, 1.165) is 31.0 Å². The van der Waals surface area contributed by atoms with Crippen LogP contribution in [0.1, 0.15) is 43.1 Å². The molecule has 0 bridgehead atoms. The van der Waals surface area contributed by atoms with Crippen molar-refractivity contribution in [3.05, 3.63) is 35.4 Å². The Labute approximate surface area is 191 Å². The van der Waals surface area contributed by atoms with Gasteiger partial charge in [0.25, 0.3) is 5.91 Å². The van der Waals surface area contributed by atoms with Gasteiger partial charge < -0.3 is 20.9 Å². The van der Waals surface area contributed by atoms with E-state index >= 15 is 0 Å².